The molecule has 1 aromatic heterocycles. The Labute approximate surface area is 98.8 Å². The molecule has 0 fully saturated rings. The van der Waals surface area contributed by atoms with Gasteiger partial charge in [0.1, 0.15) is 16.5 Å². The molecule has 0 bridgehead atoms. The van der Waals surface area contributed by atoms with Crippen LogP contribution < -0.4 is 10.5 Å². The van der Waals surface area contributed by atoms with E-state index < -0.39 is 0 Å². The Morgan fingerprint density at radius 1 is 1.31 bits per heavy atom. The molecule has 0 atom stereocenters. The number of benzene rings is 1. The van der Waals surface area contributed by atoms with Crippen LogP contribution in [-0.2, 0) is 0 Å². The van der Waals surface area contributed by atoms with E-state index in [0.29, 0.717) is 5.76 Å². The van der Waals surface area contributed by atoms with Crippen molar-refractivity contribution in [2.24, 2.45) is 5.73 Å². The highest BCUT2D eigenvalue weighted by atomic mass is 32.1. The van der Waals surface area contributed by atoms with E-state index in [2.05, 4.69) is 0 Å². The molecule has 3 nitrogen and oxygen atoms in total. The predicted octanol–water partition coefficient (Wildman–Crippen LogP) is 2.59. The average Bonchev–Trinajstić information content (AvgIpc) is 2.78. The summed E-state index contributed by atoms with van der Waals surface area (Å²) < 4.78 is 10.6. The second-order valence-corrected chi connectivity index (χ2v) is 3.70. The van der Waals surface area contributed by atoms with Crippen LogP contribution in [0.3, 0.4) is 0 Å². The van der Waals surface area contributed by atoms with Crippen molar-refractivity contribution in [3.8, 4) is 17.1 Å². The first-order valence-corrected chi connectivity index (χ1v) is 5.15. The Morgan fingerprint density at radius 2 is 2.12 bits per heavy atom. The van der Waals surface area contributed by atoms with E-state index in [0.717, 1.165) is 17.1 Å². The van der Waals surface area contributed by atoms with Gasteiger partial charge in [-0.15, -0.1) is 0 Å². The summed E-state index contributed by atoms with van der Waals surface area (Å²) in [7, 11) is 1.63. The first-order valence-electron chi connectivity index (χ1n) is 4.75. The van der Waals surface area contributed by atoms with Gasteiger partial charge in [0.2, 0.25) is 0 Å². The van der Waals surface area contributed by atoms with Gasteiger partial charge in [-0.1, -0.05) is 24.4 Å². The number of ether oxygens (including phenoxy) is 1. The number of nitrogens with two attached hydrogens (primary N) is 1. The predicted molar refractivity (Wildman–Crippen MR) is 66.6 cm³/mol. The second kappa shape index (κ2) is 4.37. The topological polar surface area (TPSA) is 48.4 Å². The molecule has 2 aromatic rings. The van der Waals surface area contributed by atoms with Gasteiger partial charge in [0.05, 0.1) is 7.11 Å². The van der Waals surface area contributed by atoms with Crippen LogP contribution in [0.5, 0.6) is 5.75 Å². The number of furan rings is 1. The minimum absolute atomic E-state index is 0.258. The highest BCUT2D eigenvalue weighted by molar-refractivity contribution is 7.80. The number of thiocarbonyl (C=S) groups is 1. The SMILES string of the molecule is COc1cccc(-c2ccc(C(N)=S)o2)c1. The fraction of sp³-hybridized carbons (Fsp3) is 0.0833. The van der Waals surface area contributed by atoms with Gasteiger partial charge < -0.3 is 14.9 Å². The highest BCUT2D eigenvalue weighted by Crippen LogP contribution is 2.25. The lowest BCUT2D eigenvalue weighted by Crippen LogP contribution is -2.07. The van der Waals surface area contributed by atoms with Crippen LogP contribution in [0.4, 0.5) is 0 Å². The van der Waals surface area contributed by atoms with Crippen molar-refractivity contribution in [3.63, 3.8) is 0 Å². The molecule has 0 saturated heterocycles. The summed E-state index contributed by atoms with van der Waals surface area (Å²) in [6.45, 7) is 0. The summed E-state index contributed by atoms with van der Waals surface area (Å²) in [5, 5.41) is 0. The van der Waals surface area contributed by atoms with E-state index in [4.69, 9.17) is 27.1 Å². The van der Waals surface area contributed by atoms with Crippen LogP contribution >= 0.6 is 12.2 Å². The smallest absolute Gasteiger partial charge is 0.161 e. The maximum atomic E-state index is 5.51. The first kappa shape index (κ1) is 10.7. The number of rotatable bonds is 3. The standard InChI is InChI=1S/C12H11NO2S/c1-14-9-4-2-3-8(7-9)10-5-6-11(15-10)12(13)16/h2-7H,1H3,(H2,13,16). The maximum absolute atomic E-state index is 5.51. The third-order valence-electron chi connectivity index (χ3n) is 2.20. The molecule has 1 heterocycles. The number of methoxy groups -OCH3 is 1. The minimum Gasteiger partial charge on any atom is -0.497 e. The van der Waals surface area contributed by atoms with Crippen LogP contribution in [0.1, 0.15) is 5.76 Å². The molecular weight excluding hydrogens is 222 g/mol. The summed E-state index contributed by atoms with van der Waals surface area (Å²) in [5.74, 6) is 2.03. The highest BCUT2D eigenvalue weighted by Gasteiger charge is 2.06. The van der Waals surface area contributed by atoms with Gasteiger partial charge in [0.25, 0.3) is 0 Å². The van der Waals surface area contributed by atoms with Crippen LogP contribution in [-0.4, -0.2) is 12.1 Å². The van der Waals surface area contributed by atoms with Crippen molar-refractivity contribution in [1.29, 1.82) is 0 Å². The fourth-order valence-electron chi connectivity index (χ4n) is 1.40. The zero-order chi connectivity index (χ0) is 11.5. The summed E-state index contributed by atoms with van der Waals surface area (Å²) >= 11 is 4.83. The van der Waals surface area contributed by atoms with Crippen molar-refractivity contribution in [2.75, 3.05) is 7.11 Å². The van der Waals surface area contributed by atoms with Gasteiger partial charge in [0.15, 0.2) is 5.76 Å². The van der Waals surface area contributed by atoms with Gasteiger partial charge in [-0.2, -0.15) is 0 Å². The number of hydrogen-bond acceptors (Lipinski definition) is 3. The van der Waals surface area contributed by atoms with Crippen molar-refractivity contribution in [2.45, 2.75) is 0 Å². The Morgan fingerprint density at radius 3 is 2.75 bits per heavy atom. The Bertz CT molecular complexity index is 519. The second-order valence-electron chi connectivity index (χ2n) is 3.26. The monoisotopic (exact) mass is 233 g/mol. The molecule has 4 heteroatoms. The third kappa shape index (κ3) is 2.06. The molecule has 0 saturated carbocycles. The molecule has 0 aliphatic carbocycles. The average molecular weight is 233 g/mol. The summed E-state index contributed by atoms with van der Waals surface area (Å²) in [4.78, 5) is 0.258. The molecule has 1 aromatic carbocycles. The maximum Gasteiger partial charge on any atom is 0.161 e. The molecular formula is C12H11NO2S. The van der Waals surface area contributed by atoms with E-state index in [9.17, 15) is 0 Å². The lowest BCUT2D eigenvalue weighted by Gasteiger charge is -2.01. The molecule has 0 aliphatic rings. The van der Waals surface area contributed by atoms with Gasteiger partial charge >= 0.3 is 0 Å². The molecule has 0 spiro atoms. The van der Waals surface area contributed by atoms with E-state index in [1.165, 1.54) is 0 Å². The molecule has 2 N–H and O–H groups in total. The Balaban J connectivity index is 2.38. The van der Waals surface area contributed by atoms with Gasteiger partial charge in [0, 0.05) is 5.56 Å². The summed E-state index contributed by atoms with van der Waals surface area (Å²) in [5.41, 5.74) is 6.41. The molecule has 82 valence electrons. The van der Waals surface area contributed by atoms with Crippen molar-refractivity contribution >= 4 is 17.2 Å². The summed E-state index contributed by atoms with van der Waals surface area (Å²) in [6, 6.07) is 11.2. The van der Waals surface area contributed by atoms with Gasteiger partial charge in [-0.05, 0) is 24.3 Å². The van der Waals surface area contributed by atoms with Crippen molar-refractivity contribution in [3.05, 3.63) is 42.2 Å². The molecule has 0 unspecified atom stereocenters. The van der Waals surface area contributed by atoms with Crippen molar-refractivity contribution in [1.82, 2.24) is 0 Å². The van der Waals surface area contributed by atoms with Crippen LogP contribution in [0, 0.1) is 0 Å². The van der Waals surface area contributed by atoms with E-state index in [1.54, 1.807) is 13.2 Å². The Hall–Kier alpha value is -1.81. The fourth-order valence-corrected chi connectivity index (χ4v) is 1.51. The lowest BCUT2D eigenvalue weighted by molar-refractivity contribution is 0.415. The quantitative estimate of drug-likeness (QED) is 0.828. The van der Waals surface area contributed by atoms with Gasteiger partial charge in [-0.3, -0.25) is 0 Å². The zero-order valence-electron chi connectivity index (χ0n) is 8.77. The third-order valence-corrected chi connectivity index (χ3v) is 2.40. The minimum atomic E-state index is 0.258. The number of hydrogen-bond donors (Lipinski definition) is 1. The van der Waals surface area contributed by atoms with E-state index in [1.807, 2.05) is 30.3 Å². The van der Waals surface area contributed by atoms with E-state index >= 15 is 0 Å². The van der Waals surface area contributed by atoms with Crippen LogP contribution in [0.25, 0.3) is 11.3 Å². The molecule has 0 aliphatic heterocycles. The largest absolute Gasteiger partial charge is 0.497 e. The Kier molecular flexibility index (Phi) is 2.92. The van der Waals surface area contributed by atoms with Crippen LogP contribution in [0.2, 0.25) is 0 Å². The normalized spacial score (nSPS) is 10.1. The molecule has 16 heavy (non-hydrogen) atoms. The van der Waals surface area contributed by atoms with Gasteiger partial charge in [-0.25, -0.2) is 0 Å². The zero-order valence-corrected chi connectivity index (χ0v) is 9.58. The van der Waals surface area contributed by atoms with E-state index in [-0.39, 0.29) is 4.99 Å². The molecule has 0 amide bonds. The van der Waals surface area contributed by atoms with Crippen molar-refractivity contribution < 1.29 is 9.15 Å². The molecule has 0 radical (unpaired) electrons. The van der Waals surface area contributed by atoms with Crippen LogP contribution in [0.15, 0.2) is 40.8 Å². The molecule has 2 rings (SSSR count). The summed E-state index contributed by atoms with van der Waals surface area (Å²) in [6.07, 6.45) is 0. The first-order chi connectivity index (χ1) is 7.70. The lowest BCUT2D eigenvalue weighted by atomic mass is 10.2.